The minimum Gasteiger partial charge on any atom is -0.476 e. The highest BCUT2D eigenvalue weighted by Gasteiger charge is 2.23. The van der Waals surface area contributed by atoms with Crippen LogP contribution in [0.15, 0.2) is 17.5 Å². The summed E-state index contributed by atoms with van der Waals surface area (Å²) in [6, 6.07) is 4.04. The van der Waals surface area contributed by atoms with E-state index in [0.29, 0.717) is 11.0 Å². The summed E-state index contributed by atoms with van der Waals surface area (Å²) in [6.07, 6.45) is 0. The second kappa shape index (κ2) is 6.36. The molecule has 0 saturated heterocycles. The average molecular weight is 324 g/mol. The molecule has 2 rings (SSSR count). The summed E-state index contributed by atoms with van der Waals surface area (Å²) in [6.45, 7) is 5.51. The largest absolute Gasteiger partial charge is 0.476 e. The number of aromatic carboxylic acids is 1. The number of thiophene rings is 1. The Labute approximate surface area is 130 Å². The summed E-state index contributed by atoms with van der Waals surface area (Å²) in [5.41, 5.74) is -0.177. The van der Waals surface area contributed by atoms with Crippen molar-refractivity contribution in [1.82, 2.24) is 4.98 Å². The van der Waals surface area contributed by atoms with Crippen molar-refractivity contribution in [3.63, 3.8) is 0 Å². The number of ketones is 1. The van der Waals surface area contributed by atoms with Crippen molar-refractivity contribution in [1.29, 1.82) is 0 Å². The van der Waals surface area contributed by atoms with Crippen LogP contribution in [0.25, 0.3) is 0 Å². The van der Waals surface area contributed by atoms with Gasteiger partial charge in [-0.3, -0.25) is 4.79 Å². The highest BCUT2D eigenvalue weighted by molar-refractivity contribution is 7.17. The van der Waals surface area contributed by atoms with Crippen molar-refractivity contribution in [2.45, 2.75) is 26.8 Å². The van der Waals surface area contributed by atoms with Crippen LogP contribution in [0.1, 0.15) is 51.9 Å². The lowest BCUT2D eigenvalue weighted by atomic mass is 10.0. The van der Waals surface area contributed by atoms with Gasteiger partial charge in [-0.25, -0.2) is 9.78 Å². The molecule has 5 nitrogen and oxygen atoms in total. The molecular weight excluding hydrogens is 308 g/mol. The molecule has 2 N–H and O–H groups in total. The van der Waals surface area contributed by atoms with Crippen LogP contribution in [0.2, 0.25) is 0 Å². The maximum absolute atomic E-state index is 11.5. The topological polar surface area (TPSA) is 79.3 Å². The van der Waals surface area contributed by atoms with Gasteiger partial charge in [0, 0.05) is 11.8 Å². The zero-order chi connectivity index (χ0) is 15.6. The molecule has 0 aliphatic carbocycles. The van der Waals surface area contributed by atoms with E-state index in [4.69, 9.17) is 5.11 Å². The first-order valence-corrected chi connectivity index (χ1v) is 8.14. The van der Waals surface area contributed by atoms with Crippen molar-refractivity contribution in [2.75, 3.05) is 5.32 Å². The highest BCUT2D eigenvalue weighted by atomic mass is 32.1. The summed E-state index contributed by atoms with van der Waals surface area (Å²) in [5, 5.41) is 14.8. The fourth-order valence-electron chi connectivity index (χ4n) is 1.93. The molecular formula is C14H16N2O3S2. The number of hydrogen-bond acceptors (Lipinski definition) is 6. The average Bonchev–Trinajstić information content (AvgIpc) is 3.04. The highest BCUT2D eigenvalue weighted by Crippen LogP contribution is 2.32. The smallest absolute Gasteiger partial charge is 0.356 e. The quantitative estimate of drug-likeness (QED) is 0.787. The van der Waals surface area contributed by atoms with Crippen LogP contribution in [0, 0.1) is 5.92 Å². The number of carboxylic acid groups (broad SMARTS) is 1. The van der Waals surface area contributed by atoms with Gasteiger partial charge in [0.25, 0.3) is 0 Å². The molecule has 1 unspecified atom stereocenters. The summed E-state index contributed by atoms with van der Waals surface area (Å²) < 4.78 is 0. The number of nitrogens with one attached hydrogen (secondary N) is 1. The first-order chi connectivity index (χ1) is 9.90. The summed E-state index contributed by atoms with van der Waals surface area (Å²) in [4.78, 5) is 28.1. The van der Waals surface area contributed by atoms with Gasteiger partial charge in [0.2, 0.25) is 0 Å². The first kappa shape index (κ1) is 15.7. The van der Waals surface area contributed by atoms with E-state index in [1.807, 2.05) is 17.5 Å². The number of thiazole rings is 1. The molecule has 7 heteroatoms. The molecule has 0 spiro atoms. The third-order valence-corrected chi connectivity index (χ3v) is 4.99. The maximum atomic E-state index is 11.5. The Morgan fingerprint density at radius 3 is 2.52 bits per heavy atom. The lowest BCUT2D eigenvalue weighted by Gasteiger charge is -2.20. The molecule has 0 bridgehead atoms. The normalized spacial score (nSPS) is 12.4. The number of hydrogen-bond donors (Lipinski definition) is 2. The standard InChI is InChI=1S/C14H16N2O3S2/c1-7(2)10(9-5-4-6-20-9)15-14-16-11(13(18)19)12(21-14)8(3)17/h4-7,10H,1-3H3,(H,15,16)(H,18,19). The molecule has 0 amide bonds. The van der Waals surface area contributed by atoms with Gasteiger partial charge in [-0.1, -0.05) is 31.3 Å². The van der Waals surface area contributed by atoms with Crippen molar-refractivity contribution < 1.29 is 14.7 Å². The Bertz CT molecular complexity index is 616. The van der Waals surface area contributed by atoms with Crippen LogP contribution in [-0.4, -0.2) is 21.8 Å². The van der Waals surface area contributed by atoms with Gasteiger partial charge in [-0.15, -0.1) is 11.3 Å². The molecule has 0 aromatic carbocycles. The zero-order valence-electron chi connectivity index (χ0n) is 11.9. The fourth-order valence-corrected chi connectivity index (χ4v) is 3.77. The number of carbonyl (C=O) groups excluding carboxylic acids is 1. The number of rotatable bonds is 6. The van der Waals surface area contributed by atoms with Gasteiger partial charge in [-0.05, 0) is 17.4 Å². The van der Waals surface area contributed by atoms with Gasteiger partial charge < -0.3 is 10.4 Å². The van der Waals surface area contributed by atoms with Gasteiger partial charge in [0.05, 0.1) is 6.04 Å². The van der Waals surface area contributed by atoms with Crippen LogP contribution < -0.4 is 5.32 Å². The molecule has 0 aliphatic rings. The van der Waals surface area contributed by atoms with Crippen molar-refractivity contribution in [3.8, 4) is 0 Å². The molecule has 1 atom stereocenters. The number of carboxylic acids is 1. The molecule has 0 fully saturated rings. The third kappa shape index (κ3) is 3.48. The molecule has 0 aliphatic heterocycles. The zero-order valence-corrected chi connectivity index (χ0v) is 13.5. The number of Topliss-reactive ketones (excluding diaryl/α,β-unsaturated/α-hetero) is 1. The van der Waals surface area contributed by atoms with Crippen molar-refractivity contribution >= 4 is 39.6 Å². The Balaban J connectivity index is 2.32. The molecule has 21 heavy (non-hydrogen) atoms. The first-order valence-electron chi connectivity index (χ1n) is 6.45. The van der Waals surface area contributed by atoms with Crippen LogP contribution in [0.4, 0.5) is 5.13 Å². The van der Waals surface area contributed by atoms with Gasteiger partial charge in [0.15, 0.2) is 16.6 Å². The summed E-state index contributed by atoms with van der Waals surface area (Å²) in [7, 11) is 0. The number of aromatic nitrogens is 1. The fraction of sp³-hybridized carbons (Fsp3) is 0.357. The van der Waals surface area contributed by atoms with E-state index in [1.54, 1.807) is 11.3 Å². The second-order valence-electron chi connectivity index (χ2n) is 4.94. The van der Waals surface area contributed by atoms with Crippen LogP contribution in [-0.2, 0) is 0 Å². The minimum atomic E-state index is -1.18. The maximum Gasteiger partial charge on any atom is 0.356 e. The number of nitrogens with zero attached hydrogens (tertiary/aromatic N) is 1. The molecule has 2 aromatic heterocycles. The third-order valence-electron chi connectivity index (χ3n) is 2.94. The van der Waals surface area contributed by atoms with Crippen molar-refractivity contribution in [2.24, 2.45) is 5.92 Å². The van der Waals surface area contributed by atoms with Crippen LogP contribution in [0.5, 0.6) is 0 Å². The van der Waals surface area contributed by atoms with E-state index in [-0.39, 0.29) is 22.4 Å². The lowest BCUT2D eigenvalue weighted by molar-refractivity contribution is 0.0687. The summed E-state index contributed by atoms with van der Waals surface area (Å²) in [5.74, 6) is -1.15. The van der Waals surface area contributed by atoms with E-state index >= 15 is 0 Å². The SMILES string of the molecule is CC(=O)c1sc(NC(c2cccs2)C(C)C)nc1C(=O)O. The van der Waals surface area contributed by atoms with Crippen molar-refractivity contribution in [3.05, 3.63) is 33.0 Å². The van der Waals surface area contributed by atoms with Gasteiger partial charge in [0.1, 0.15) is 4.88 Å². The molecule has 0 saturated carbocycles. The van der Waals surface area contributed by atoms with E-state index in [0.717, 1.165) is 16.2 Å². The Morgan fingerprint density at radius 2 is 2.10 bits per heavy atom. The monoisotopic (exact) mass is 324 g/mol. The molecule has 2 heterocycles. The predicted octanol–water partition coefficient (Wildman–Crippen LogP) is 3.91. The minimum absolute atomic E-state index is 0.0394. The van der Waals surface area contributed by atoms with Gasteiger partial charge >= 0.3 is 5.97 Å². The molecule has 2 aromatic rings. The number of anilines is 1. The number of carbonyl (C=O) groups is 2. The Kier molecular flexibility index (Phi) is 4.74. The van der Waals surface area contributed by atoms with Crippen LogP contribution in [0.3, 0.4) is 0 Å². The van der Waals surface area contributed by atoms with Crippen LogP contribution >= 0.6 is 22.7 Å². The predicted molar refractivity (Wildman–Crippen MR) is 84.6 cm³/mol. The van der Waals surface area contributed by atoms with E-state index in [2.05, 4.69) is 24.1 Å². The van der Waals surface area contributed by atoms with E-state index < -0.39 is 5.97 Å². The van der Waals surface area contributed by atoms with E-state index in [1.165, 1.54) is 6.92 Å². The van der Waals surface area contributed by atoms with Gasteiger partial charge in [-0.2, -0.15) is 0 Å². The second-order valence-corrected chi connectivity index (χ2v) is 6.92. The Morgan fingerprint density at radius 1 is 1.38 bits per heavy atom. The Hall–Kier alpha value is -1.73. The lowest BCUT2D eigenvalue weighted by Crippen LogP contribution is -2.15. The summed E-state index contributed by atoms with van der Waals surface area (Å²) >= 11 is 2.72. The molecule has 0 radical (unpaired) electrons. The van der Waals surface area contributed by atoms with E-state index in [9.17, 15) is 9.59 Å². The molecule has 112 valence electrons.